The van der Waals surface area contributed by atoms with E-state index in [1.807, 2.05) is 24.3 Å². The molecular formula is C22H21BrFNO. The molecular weight excluding hydrogens is 393 g/mol. The van der Waals surface area contributed by atoms with E-state index in [2.05, 4.69) is 53.3 Å². The number of ether oxygens (including phenoxy) is 1. The molecule has 4 heteroatoms. The number of halogens is 2. The lowest BCUT2D eigenvalue weighted by atomic mass is 10.1. The molecule has 0 heterocycles. The highest BCUT2D eigenvalue weighted by Crippen LogP contribution is 2.26. The second kappa shape index (κ2) is 8.37. The van der Waals surface area contributed by atoms with Gasteiger partial charge in [0, 0.05) is 27.8 Å². The number of hydrogen-bond acceptors (Lipinski definition) is 2. The third kappa shape index (κ3) is 4.64. The number of nitrogens with one attached hydrogen (secondary N) is 1. The van der Waals surface area contributed by atoms with Gasteiger partial charge in [-0.15, -0.1) is 0 Å². The van der Waals surface area contributed by atoms with Crippen LogP contribution in [0.4, 0.5) is 10.1 Å². The minimum atomic E-state index is -0.250. The van der Waals surface area contributed by atoms with Gasteiger partial charge in [-0.3, -0.25) is 0 Å². The lowest BCUT2D eigenvalue weighted by molar-refractivity contribution is 0.297. The van der Waals surface area contributed by atoms with Crippen molar-refractivity contribution < 1.29 is 9.13 Å². The van der Waals surface area contributed by atoms with Gasteiger partial charge < -0.3 is 10.1 Å². The highest BCUT2D eigenvalue weighted by Gasteiger charge is 2.08. The molecule has 0 bridgehead atoms. The molecule has 134 valence electrons. The van der Waals surface area contributed by atoms with Crippen LogP contribution >= 0.6 is 15.9 Å². The zero-order valence-electron chi connectivity index (χ0n) is 14.9. The Labute approximate surface area is 162 Å². The lowest BCUT2D eigenvalue weighted by Gasteiger charge is -2.15. The van der Waals surface area contributed by atoms with Crippen LogP contribution in [0.2, 0.25) is 0 Å². The van der Waals surface area contributed by atoms with Crippen molar-refractivity contribution in [3.63, 3.8) is 0 Å². The van der Waals surface area contributed by atoms with E-state index in [0.717, 1.165) is 21.5 Å². The van der Waals surface area contributed by atoms with Crippen molar-refractivity contribution in [2.75, 3.05) is 5.32 Å². The molecule has 0 atom stereocenters. The molecule has 0 radical (unpaired) electrons. The van der Waals surface area contributed by atoms with E-state index >= 15 is 0 Å². The summed E-state index contributed by atoms with van der Waals surface area (Å²) in [7, 11) is 0. The molecule has 3 rings (SSSR count). The van der Waals surface area contributed by atoms with Crippen molar-refractivity contribution in [1.29, 1.82) is 0 Å². The average Bonchev–Trinajstić information content (AvgIpc) is 2.61. The smallest absolute Gasteiger partial charge is 0.129 e. The van der Waals surface area contributed by atoms with E-state index < -0.39 is 0 Å². The van der Waals surface area contributed by atoms with Gasteiger partial charge in [-0.1, -0.05) is 51.8 Å². The number of aryl methyl sites for hydroxylation is 2. The maximum Gasteiger partial charge on any atom is 0.129 e. The third-order valence-corrected chi connectivity index (χ3v) is 4.71. The van der Waals surface area contributed by atoms with Crippen molar-refractivity contribution in [2.24, 2.45) is 0 Å². The molecule has 0 spiro atoms. The van der Waals surface area contributed by atoms with Gasteiger partial charge in [-0.05, 0) is 49.7 Å². The van der Waals surface area contributed by atoms with E-state index in [1.165, 1.54) is 17.2 Å². The summed E-state index contributed by atoms with van der Waals surface area (Å²) in [6.07, 6.45) is 0. The number of anilines is 1. The first kappa shape index (κ1) is 18.5. The quantitative estimate of drug-likeness (QED) is 0.504. The molecule has 2 nitrogen and oxygen atoms in total. The fourth-order valence-electron chi connectivity index (χ4n) is 2.80. The number of hydrogen-bond donors (Lipinski definition) is 1. The summed E-state index contributed by atoms with van der Waals surface area (Å²) in [6, 6.07) is 18.9. The van der Waals surface area contributed by atoms with Crippen molar-refractivity contribution >= 4 is 21.6 Å². The summed E-state index contributed by atoms with van der Waals surface area (Å²) < 4.78 is 20.7. The number of rotatable bonds is 6. The van der Waals surface area contributed by atoms with Crippen molar-refractivity contribution in [1.82, 2.24) is 0 Å². The molecule has 1 N–H and O–H groups in total. The van der Waals surface area contributed by atoms with Crippen LogP contribution in [0.15, 0.2) is 65.1 Å². The summed E-state index contributed by atoms with van der Waals surface area (Å²) in [5.41, 5.74) is 5.09. The molecule has 26 heavy (non-hydrogen) atoms. The molecule has 0 aromatic heterocycles. The van der Waals surface area contributed by atoms with Gasteiger partial charge in [0.2, 0.25) is 0 Å². The largest absolute Gasteiger partial charge is 0.488 e. The summed E-state index contributed by atoms with van der Waals surface area (Å²) in [5, 5.41) is 3.46. The third-order valence-electron chi connectivity index (χ3n) is 4.21. The van der Waals surface area contributed by atoms with E-state index in [9.17, 15) is 4.39 Å². The predicted octanol–water partition coefficient (Wildman–Crippen LogP) is 6.40. The number of benzene rings is 3. The molecule has 3 aromatic rings. The molecule has 0 aliphatic rings. The van der Waals surface area contributed by atoms with Gasteiger partial charge in [0.15, 0.2) is 0 Å². The topological polar surface area (TPSA) is 21.3 Å². The van der Waals surface area contributed by atoms with E-state index in [-0.39, 0.29) is 12.4 Å². The Balaban J connectivity index is 1.74. The normalized spacial score (nSPS) is 10.6. The molecule has 0 saturated heterocycles. The summed E-state index contributed by atoms with van der Waals surface area (Å²) in [6.45, 7) is 4.99. The van der Waals surface area contributed by atoms with Crippen LogP contribution in [-0.4, -0.2) is 0 Å². The zero-order chi connectivity index (χ0) is 18.5. The molecule has 3 aromatic carbocycles. The fraction of sp³-hybridized carbons (Fsp3) is 0.182. The first-order valence-electron chi connectivity index (χ1n) is 8.48. The van der Waals surface area contributed by atoms with E-state index in [0.29, 0.717) is 12.1 Å². The van der Waals surface area contributed by atoms with E-state index in [4.69, 9.17) is 4.74 Å². The van der Waals surface area contributed by atoms with Crippen molar-refractivity contribution in [3.05, 3.63) is 93.2 Å². The highest BCUT2D eigenvalue weighted by atomic mass is 79.9. The Morgan fingerprint density at radius 3 is 2.54 bits per heavy atom. The fourth-order valence-corrected chi connectivity index (χ4v) is 3.21. The maximum atomic E-state index is 13.8. The van der Waals surface area contributed by atoms with Gasteiger partial charge in [-0.2, -0.15) is 0 Å². The van der Waals surface area contributed by atoms with Crippen molar-refractivity contribution in [3.8, 4) is 5.75 Å². The first-order valence-corrected chi connectivity index (χ1v) is 9.28. The minimum absolute atomic E-state index is 0.199. The van der Waals surface area contributed by atoms with Crippen LogP contribution < -0.4 is 10.1 Å². The van der Waals surface area contributed by atoms with Crippen LogP contribution in [0.25, 0.3) is 0 Å². The zero-order valence-corrected chi connectivity index (χ0v) is 16.4. The highest BCUT2D eigenvalue weighted by molar-refractivity contribution is 9.10. The molecule has 0 saturated carbocycles. The van der Waals surface area contributed by atoms with E-state index in [1.54, 1.807) is 12.1 Å². The molecule has 0 aliphatic heterocycles. The Kier molecular flexibility index (Phi) is 5.94. The molecule has 0 amide bonds. The Morgan fingerprint density at radius 1 is 0.962 bits per heavy atom. The summed E-state index contributed by atoms with van der Waals surface area (Å²) in [4.78, 5) is 0. The van der Waals surface area contributed by atoms with Gasteiger partial charge in [0.1, 0.15) is 18.2 Å². The monoisotopic (exact) mass is 413 g/mol. The van der Waals surface area contributed by atoms with Gasteiger partial charge in [-0.25, -0.2) is 4.39 Å². The Hall–Kier alpha value is -2.33. The minimum Gasteiger partial charge on any atom is -0.488 e. The van der Waals surface area contributed by atoms with Crippen LogP contribution in [0.1, 0.15) is 22.3 Å². The molecule has 0 unspecified atom stereocenters. The van der Waals surface area contributed by atoms with Gasteiger partial charge in [0.05, 0.1) is 0 Å². The van der Waals surface area contributed by atoms with Crippen LogP contribution in [0.5, 0.6) is 5.75 Å². The van der Waals surface area contributed by atoms with Crippen LogP contribution in [0, 0.1) is 19.7 Å². The lowest BCUT2D eigenvalue weighted by Crippen LogP contribution is -2.05. The molecule has 0 aliphatic carbocycles. The average molecular weight is 414 g/mol. The first-order chi connectivity index (χ1) is 12.5. The van der Waals surface area contributed by atoms with Crippen LogP contribution in [-0.2, 0) is 13.2 Å². The summed E-state index contributed by atoms with van der Waals surface area (Å²) >= 11 is 3.51. The standard InChI is InChI=1S/C22H21BrFNO/c1-15-7-9-21(16(2)11-15)25-13-18-12-19(23)8-10-22(18)26-14-17-5-3-4-6-20(17)24/h3-12,25H,13-14H2,1-2H3. The molecule has 0 fully saturated rings. The van der Waals surface area contributed by atoms with Gasteiger partial charge >= 0.3 is 0 Å². The maximum absolute atomic E-state index is 13.8. The second-order valence-electron chi connectivity index (χ2n) is 6.30. The second-order valence-corrected chi connectivity index (χ2v) is 7.22. The Morgan fingerprint density at radius 2 is 1.77 bits per heavy atom. The SMILES string of the molecule is Cc1ccc(NCc2cc(Br)ccc2OCc2ccccc2F)c(C)c1. The summed E-state index contributed by atoms with van der Waals surface area (Å²) in [5.74, 6) is 0.494. The van der Waals surface area contributed by atoms with Crippen LogP contribution in [0.3, 0.4) is 0 Å². The Bertz CT molecular complexity index is 910. The van der Waals surface area contributed by atoms with Gasteiger partial charge in [0.25, 0.3) is 0 Å². The van der Waals surface area contributed by atoms with Crippen molar-refractivity contribution in [2.45, 2.75) is 27.0 Å². The predicted molar refractivity (Wildman–Crippen MR) is 108 cm³/mol.